The van der Waals surface area contributed by atoms with E-state index in [1.165, 1.54) is 10.4 Å². The summed E-state index contributed by atoms with van der Waals surface area (Å²) in [4.78, 5) is 12.5. The third-order valence-electron chi connectivity index (χ3n) is 2.42. The Balaban J connectivity index is 2.03. The van der Waals surface area contributed by atoms with Crippen molar-refractivity contribution in [3.05, 3.63) is 21.9 Å². The molecule has 3 nitrogen and oxygen atoms in total. The molecule has 0 N–H and O–H groups in total. The molecule has 0 unspecified atom stereocenters. The van der Waals surface area contributed by atoms with Crippen LogP contribution in [0.4, 0.5) is 0 Å². The Morgan fingerprint density at radius 1 is 1.73 bits per heavy atom. The van der Waals surface area contributed by atoms with Crippen molar-refractivity contribution in [3.63, 3.8) is 0 Å². The number of rotatable bonds is 3. The fraction of sp³-hybridized carbons (Fsp3) is 0.545. The summed E-state index contributed by atoms with van der Waals surface area (Å²) in [6.45, 7) is 2.95. The van der Waals surface area contributed by atoms with Gasteiger partial charge in [0.1, 0.15) is 6.10 Å². The zero-order valence-corrected chi connectivity index (χ0v) is 9.51. The molecule has 0 aliphatic carbocycles. The first-order chi connectivity index (χ1) is 7.31. The van der Waals surface area contributed by atoms with E-state index in [0.29, 0.717) is 19.6 Å². The number of fused-ring (bicyclic) bond motifs is 1. The highest BCUT2D eigenvalue weighted by Gasteiger charge is 2.24. The molecule has 0 fully saturated rings. The average Bonchev–Trinajstić information content (AvgIpc) is 2.67. The van der Waals surface area contributed by atoms with Crippen molar-refractivity contribution in [3.8, 4) is 0 Å². The molecule has 1 atom stereocenters. The number of carbonyl (C=O) groups excluding carboxylic acids is 1. The van der Waals surface area contributed by atoms with Gasteiger partial charge in [0, 0.05) is 4.88 Å². The number of hydrogen-bond donors (Lipinski definition) is 0. The van der Waals surface area contributed by atoms with Crippen LogP contribution in [0, 0.1) is 0 Å². The van der Waals surface area contributed by atoms with Crippen LogP contribution in [-0.2, 0) is 20.7 Å². The Bertz CT molecular complexity index is 345. The second kappa shape index (κ2) is 4.77. The second-order valence-corrected chi connectivity index (χ2v) is 4.38. The second-order valence-electron chi connectivity index (χ2n) is 3.43. The van der Waals surface area contributed by atoms with Crippen LogP contribution in [0.25, 0.3) is 0 Å². The van der Waals surface area contributed by atoms with Crippen LogP contribution in [0.2, 0.25) is 0 Å². The first kappa shape index (κ1) is 10.6. The zero-order chi connectivity index (χ0) is 10.7. The lowest BCUT2D eigenvalue weighted by Gasteiger charge is -2.22. The highest BCUT2D eigenvalue weighted by molar-refractivity contribution is 7.10. The smallest absolute Gasteiger partial charge is 0.308 e. The predicted octanol–water partition coefficient (Wildman–Crippen LogP) is 2.32. The molecule has 4 heteroatoms. The topological polar surface area (TPSA) is 35.5 Å². The molecule has 0 bridgehead atoms. The van der Waals surface area contributed by atoms with Gasteiger partial charge >= 0.3 is 5.97 Å². The number of hydrogen-bond acceptors (Lipinski definition) is 4. The number of esters is 1. The summed E-state index contributed by atoms with van der Waals surface area (Å²) in [6, 6.07) is 2.11. The minimum Gasteiger partial charge on any atom is -0.466 e. The van der Waals surface area contributed by atoms with Gasteiger partial charge in [-0.2, -0.15) is 0 Å². The van der Waals surface area contributed by atoms with Crippen molar-refractivity contribution in [2.45, 2.75) is 25.9 Å². The number of carbonyl (C=O) groups is 1. The third-order valence-corrected chi connectivity index (χ3v) is 3.47. The summed E-state index contributed by atoms with van der Waals surface area (Å²) >= 11 is 1.66. The molecule has 15 heavy (non-hydrogen) atoms. The van der Waals surface area contributed by atoms with Crippen LogP contribution in [0.1, 0.15) is 29.9 Å². The molecular weight excluding hydrogens is 212 g/mol. The molecule has 1 aliphatic rings. The minimum atomic E-state index is -0.177. The molecular formula is C11H14O3S. The van der Waals surface area contributed by atoms with Gasteiger partial charge < -0.3 is 9.47 Å². The first-order valence-electron chi connectivity index (χ1n) is 5.14. The highest BCUT2D eigenvalue weighted by Crippen LogP contribution is 2.33. The first-order valence-corrected chi connectivity index (χ1v) is 6.02. The predicted molar refractivity (Wildman–Crippen MR) is 58.0 cm³/mol. The molecule has 1 aliphatic heterocycles. The van der Waals surface area contributed by atoms with Crippen molar-refractivity contribution >= 4 is 17.3 Å². The third kappa shape index (κ3) is 2.38. The van der Waals surface area contributed by atoms with E-state index in [-0.39, 0.29) is 12.1 Å². The molecule has 0 saturated carbocycles. The lowest BCUT2D eigenvalue weighted by molar-refractivity contribution is -0.146. The molecule has 0 amide bonds. The van der Waals surface area contributed by atoms with Gasteiger partial charge in [-0.25, -0.2) is 0 Å². The Hall–Kier alpha value is -0.870. The summed E-state index contributed by atoms with van der Waals surface area (Å²) in [5, 5.41) is 2.05. The Morgan fingerprint density at radius 2 is 2.60 bits per heavy atom. The monoisotopic (exact) mass is 226 g/mol. The van der Waals surface area contributed by atoms with E-state index in [4.69, 9.17) is 9.47 Å². The van der Waals surface area contributed by atoms with Crippen molar-refractivity contribution in [1.82, 2.24) is 0 Å². The van der Waals surface area contributed by atoms with Crippen LogP contribution in [-0.4, -0.2) is 19.2 Å². The lowest BCUT2D eigenvalue weighted by atomic mass is 10.1. The van der Waals surface area contributed by atoms with Crippen LogP contribution >= 0.6 is 11.3 Å². The van der Waals surface area contributed by atoms with Crippen LogP contribution in [0.3, 0.4) is 0 Å². The fourth-order valence-electron chi connectivity index (χ4n) is 1.75. The van der Waals surface area contributed by atoms with Gasteiger partial charge in [-0.15, -0.1) is 11.3 Å². The summed E-state index contributed by atoms with van der Waals surface area (Å²) in [7, 11) is 0. The summed E-state index contributed by atoms with van der Waals surface area (Å²) in [6.07, 6.45) is 1.20. The van der Waals surface area contributed by atoms with Crippen LogP contribution in [0.5, 0.6) is 0 Å². The highest BCUT2D eigenvalue weighted by atomic mass is 32.1. The van der Waals surface area contributed by atoms with Gasteiger partial charge in [0.05, 0.1) is 19.6 Å². The standard InChI is InChI=1S/C11H14O3S/c1-2-13-10(12)7-9-11-8(3-5-14-9)4-6-15-11/h4,6,9H,2-3,5,7H2,1H3/t9-/m1/s1. The van der Waals surface area contributed by atoms with E-state index >= 15 is 0 Å². The SMILES string of the molecule is CCOC(=O)C[C@H]1OCCc2ccsc21. The van der Waals surface area contributed by atoms with Crippen LogP contribution < -0.4 is 0 Å². The minimum absolute atomic E-state index is 0.0900. The number of thiophene rings is 1. The van der Waals surface area contributed by atoms with Gasteiger partial charge in [-0.05, 0) is 30.4 Å². The maximum Gasteiger partial charge on any atom is 0.308 e. The maximum atomic E-state index is 11.3. The molecule has 0 spiro atoms. The van der Waals surface area contributed by atoms with E-state index in [1.54, 1.807) is 11.3 Å². The molecule has 82 valence electrons. The van der Waals surface area contributed by atoms with E-state index in [2.05, 4.69) is 11.4 Å². The summed E-state index contributed by atoms with van der Waals surface area (Å²) in [5.74, 6) is -0.177. The summed E-state index contributed by atoms with van der Waals surface area (Å²) in [5.41, 5.74) is 1.32. The quantitative estimate of drug-likeness (QED) is 0.742. The van der Waals surface area contributed by atoms with Gasteiger partial charge in [0.15, 0.2) is 0 Å². The molecule has 0 saturated heterocycles. The summed E-state index contributed by atoms with van der Waals surface area (Å²) < 4.78 is 10.5. The van der Waals surface area contributed by atoms with E-state index in [9.17, 15) is 4.79 Å². The van der Waals surface area contributed by atoms with Gasteiger partial charge in [-0.1, -0.05) is 0 Å². The van der Waals surface area contributed by atoms with Gasteiger partial charge in [-0.3, -0.25) is 4.79 Å². The Labute approximate surface area is 93.0 Å². The molecule has 0 radical (unpaired) electrons. The largest absolute Gasteiger partial charge is 0.466 e. The molecule has 2 rings (SSSR count). The van der Waals surface area contributed by atoms with Gasteiger partial charge in [0.2, 0.25) is 0 Å². The zero-order valence-electron chi connectivity index (χ0n) is 8.69. The van der Waals surface area contributed by atoms with E-state index in [1.807, 2.05) is 6.92 Å². The fourth-order valence-corrected chi connectivity index (χ4v) is 2.75. The molecule has 2 heterocycles. The Kier molecular flexibility index (Phi) is 3.38. The normalized spacial score (nSPS) is 19.7. The molecule has 1 aromatic rings. The van der Waals surface area contributed by atoms with Crippen molar-refractivity contribution in [2.24, 2.45) is 0 Å². The Morgan fingerprint density at radius 3 is 3.40 bits per heavy atom. The molecule has 0 aromatic carbocycles. The molecule has 1 aromatic heterocycles. The maximum absolute atomic E-state index is 11.3. The lowest BCUT2D eigenvalue weighted by Crippen LogP contribution is -2.18. The number of ether oxygens (including phenoxy) is 2. The van der Waals surface area contributed by atoms with Crippen molar-refractivity contribution < 1.29 is 14.3 Å². The van der Waals surface area contributed by atoms with Crippen LogP contribution in [0.15, 0.2) is 11.4 Å². The van der Waals surface area contributed by atoms with Crippen molar-refractivity contribution in [2.75, 3.05) is 13.2 Å². The van der Waals surface area contributed by atoms with Gasteiger partial charge in [0.25, 0.3) is 0 Å². The van der Waals surface area contributed by atoms with E-state index in [0.717, 1.165) is 6.42 Å². The van der Waals surface area contributed by atoms with E-state index < -0.39 is 0 Å². The average molecular weight is 226 g/mol. The van der Waals surface area contributed by atoms with Crippen molar-refractivity contribution in [1.29, 1.82) is 0 Å².